The monoisotopic (exact) mass is 444 g/mol. The summed E-state index contributed by atoms with van der Waals surface area (Å²) in [5.41, 5.74) is 3.26. The van der Waals surface area contributed by atoms with Crippen molar-refractivity contribution in [1.82, 2.24) is 15.6 Å². The smallest absolute Gasteiger partial charge is 0.214 e. The van der Waals surface area contributed by atoms with Gasteiger partial charge in [0.1, 0.15) is 5.76 Å². The molecular weight excluding hydrogens is 419 g/mol. The third-order valence-corrected chi connectivity index (χ3v) is 3.57. The number of hydrogen-bond acceptors (Lipinski definition) is 4. The average Bonchev–Trinajstić information content (AvgIpc) is 2.87. The Labute approximate surface area is 160 Å². The molecule has 0 spiro atoms. The number of nitrogens with one attached hydrogen (secondary N) is 2. The molecule has 0 amide bonds. The summed E-state index contributed by atoms with van der Waals surface area (Å²) < 4.78 is 10.8. The molecule has 0 saturated carbocycles. The standard InChI is InChI=1S/C17H24N4O2.HI/c1-12-13(2)23-16(21-12)10-20-17(18-3)19-9-14-7-5-6-8-15(14)11-22-4;/h5-8H,9-11H2,1-4H3,(H2,18,19,20);1H. The molecule has 1 aromatic carbocycles. The number of aromatic nitrogens is 1. The van der Waals surface area contributed by atoms with Crippen LogP contribution in [-0.4, -0.2) is 25.1 Å². The Morgan fingerprint density at radius 3 is 2.42 bits per heavy atom. The summed E-state index contributed by atoms with van der Waals surface area (Å²) in [6.45, 7) is 5.60. The van der Waals surface area contributed by atoms with Crippen LogP contribution in [0.2, 0.25) is 0 Å². The Balaban J connectivity index is 0.00000288. The second-order valence-corrected chi connectivity index (χ2v) is 5.23. The van der Waals surface area contributed by atoms with Crippen molar-refractivity contribution in [3.8, 4) is 0 Å². The highest BCUT2D eigenvalue weighted by molar-refractivity contribution is 14.0. The van der Waals surface area contributed by atoms with Gasteiger partial charge in [0.2, 0.25) is 5.89 Å². The predicted molar refractivity (Wildman–Crippen MR) is 106 cm³/mol. The number of methoxy groups -OCH3 is 1. The summed E-state index contributed by atoms with van der Waals surface area (Å²) in [4.78, 5) is 8.56. The van der Waals surface area contributed by atoms with Gasteiger partial charge in [-0.05, 0) is 25.0 Å². The van der Waals surface area contributed by atoms with Crippen molar-refractivity contribution < 1.29 is 9.15 Å². The number of benzene rings is 1. The summed E-state index contributed by atoms with van der Waals surface area (Å²) in [5, 5.41) is 6.49. The van der Waals surface area contributed by atoms with Crippen LogP contribution in [0.25, 0.3) is 0 Å². The molecule has 0 fully saturated rings. The van der Waals surface area contributed by atoms with Gasteiger partial charge in [0.25, 0.3) is 0 Å². The van der Waals surface area contributed by atoms with Crippen LogP contribution in [0.5, 0.6) is 0 Å². The lowest BCUT2D eigenvalue weighted by atomic mass is 10.1. The quantitative estimate of drug-likeness (QED) is 0.408. The van der Waals surface area contributed by atoms with Crippen molar-refractivity contribution in [3.63, 3.8) is 0 Å². The zero-order valence-corrected chi connectivity index (χ0v) is 16.9. The van der Waals surface area contributed by atoms with Gasteiger partial charge in [0, 0.05) is 20.7 Å². The minimum absolute atomic E-state index is 0. The highest BCUT2D eigenvalue weighted by Gasteiger charge is 2.07. The molecular formula is C17H25IN4O2. The fourth-order valence-electron chi connectivity index (χ4n) is 2.20. The van der Waals surface area contributed by atoms with Gasteiger partial charge in [-0.3, -0.25) is 4.99 Å². The summed E-state index contributed by atoms with van der Waals surface area (Å²) in [5.74, 6) is 2.20. The van der Waals surface area contributed by atoms with Gasteiger partial charge in [-0.1, -0.05) is 24.3 Å². The molecule has 1 heterocycles. The van der Waals surface area contributed by atoms with Crippen molar-refractivity contribution in [2.24, 2.45) is 4.99 Å². The van der Waals surface area contributed by atoms with Crippen molar-refractivity contribution in [2.75, 3.05) is 14.2 Å². The van der Waals surface area contributed by atoms with Crippen molar-refractivity contribution in [3.05, 3.63) is 52.7 Å². The maximum atomic E-state index is 5.55. The summed E-state index contributed by atoms with van der Waals surface area (Å²) >= 11 is 0. The van der Waals surface area contributed by atoms with E-state index in [1.807, 2.05) is 26.0 Å². The molecule has 1 aromatic heterocycles. The van der Waals surface area contributed by atoms with Crippen LogP contribution in [0.1, 0.15) is 28.5 Å². The van der Waals surface area contributed by atoms with E-state index in [-0.39, 0.29) is 24.0 Å². The molecule has 2 rings (SSSR count). The highest BCUT2D eigenvalue weighted by atomic mass is 127. The molecule has 0 radical (unpaired) electrons. The van der Waals surface area contributed by atoms with Crippen molar-refractivity contribution in [2.45, 2.75) is 33.5 Å². The number of hydrogen-bond donors (Lipinski definition) is 2. The molecule has 6 nitrogen and oxygen atoms in total. The second kappa shape index (κ2) is 10.3. The van der Waals surface area contributed by atoms with Crippen LogP contribution in [-0.2, 0) is 24.4 Å². The van der Waals surface area contributed by atoms with E-state index in [9.17, 15) is 0 Å². The zero-order valence-electron chi connectivity index (χ0n) is 14.5. The number of oxazole rings is 1. The molecule has 132 valence electrons. The molecule has 7 heteroatoms. The van der Waals surface area contributed by atoms with E-state index >= 15 is 0 Å². The number of rotatable bonds is 6. The lowest BCUT2D eigenvalue weighted by molar-refractivity contribution is 0.184. The predicted octanol–water partition coefficient (Wildman–Crippen LogP) is 2.92. The van der Waals surface area contributed by atoms with E-state index in [1.165, 1.54) is 5.56 Å². The fraction of sp³-hybridized carbons (Fsp3) is 0.412. The Morgan fingerprint density at radius 1 is 1.17 bits per heavy atom. The number of aliphatic imine (C=N–C) groups is 1. The Hall–Kier alpha value is -1.61. The van der Waals surface area contributed by atoms with Gasteiger partial charge in [-0.15, -0.1) is 24.0 Å². The molecule has 0 aliphatic heterocycles. The van der Waals surface area contributed by atoms with E-state index in [1.54, 1.807) is 14.2 Å². The lowest BCUT2D eigenvalue weighted by Gasteiger charge is -2.13. The van der Waals surface area contributed by atoms with Gasteiger partial charge in [-0.25, -0.2) is 4.98 Å². The largest absolute Gasteiger partial charge is 0.444 e. The van der Waals surface area contributed by atoms with E-state index in [0.717, 1.165) is 17.0 Å². The molecule has 0 bridgehead atoms. The normalized spacial score (nSPS) is 11.1. The van der Waals surface area contributed by atoms with E-state index in [2.05, 4.69) is 32.7 Å². The van der Waals surface area contributed by atoms with Gasteiger partial charge in [0.15, 0.2) is 5.96 Å². The zero-order chi connectivity index (χ0) is 16.7. The van der Waals surface area contributed by atoms with Gasteiger partial charge >= 0.3 is 0 Å². The van der Waals surface area contributed by atoms with Crippen LogP contribution in [0.15, 0.2) is 33.7 Å². The summed E-state index contributed by atoms with van der Waals surface area (Å²) in [7, 11) is 3.44. The van der Waals surface area contributed by atoms with Crippen molar-refractivity contribution >= 4 is 29.9 Å². The average molecular weight is 444 g/mol. The third-order valence-electron chi connectivity index (χ3n) is 3.57. The van der Waals surface area contributed by atoms with Crippen LogP contribution in [0, 0.1) is 13.8 Å². The van der Waals surface area contributed by atoms with E-state index < -0.39 is 0 Å². The minimum atomic E-state index is 0. The molecule has 0 aliphatic rings. The SMILES string of the molecule is CN=C(NCc1nc(C)c(C)o1)NCc1ccccc1COC.I. The van der Waals surface area contributed by atoms with Crippen molar-refractivity contribution in [1.29, 1.82) is 0 Å². The van der Waals surface area contributed by atoms with Crippen LogP contribution in [0.3, 0.4) is 0 Å². The molecule has 24 heavy (non-hydrogen) atoms. The Kier molecular flexibility index (Phi) is 8.77. The van der Waals surface area contributed by atoms with Crippen LogP contribution < -0.4 is 10.6 Å². The number of guanidine groups is 1. The maximum Gasteiger partial charge on any atom is 0.214 e. The first kappa shape index (κ1) is 20.4. The Bertz CT molecular complexity index is 651. The summed E-state index contributed by atoms with van der Waals surface area (Å²) in [6, 6.07) is 8.17. The van der Waals surface area contributed by atoms with Gasteiger partial charge in [-0.2, -0.15) is 0 Å². The van der Waals surface area contributed by atoms with Crippen LogP contribution >= 0.6 is 24.0 Å². The number of aryl methyl sites for hydroxylation is 2. The minimum Gasteiger partial charge on any atom is -0.444 e. The highest BCUT2D eigenvalue weighted by Crippen LogP contribution is 2.10. The first-order valence-corrected chi connectivity index (χ1v) is 7.57. The third kappa shape index (κ3) is 5.79. The van der Waals surface area contributed by atoms with Gasteiger partial charge in [0.05, 0.1) is 18.8 Å². The van der Waals surface area contributed by atoms with Gasteiger partial charge < -0.3 is 19.8 Å². The molecule has 0 unspecified atom stereocenters. The topological polar surface area (TPSA) is 71.7 Å². The molecule has 0 aliphatic carbocycles. The summed E-state index contributed by atoms with van der Waals surface area (Å²) in [6.07, 6.45) is 0. The lowest BCUT2D eigenvalue weighted by Crippen LogP contribution is -2.36. The first-order valence-electron chi connectivity index (χ1n) is 7.57. The second-order valence-electron chi connectivity index (χ2n) is 5.23. The van der Waals surface area contributed by atoms with E-state index in [4.69, 9.17) is 9.15 Å². The number of nitrogens with zero attached hydrogens (tertiary/aromatic N) is 2. The first-order chi connectivity index (χ1) is 11.1. The number of ether oxygens (including phenoxy) is 1. The molecule has 0 atom stereocenters. The number of halogens is 1. The van der Waals surface area contributed by atoms with Crippen LogP contribution in [0.4, 0.5) is 0 Å². The molecule has 2 N–H and O–H groups in total. The fourth-order valence-corrected chi connectivity index (χ4v) is 2.20. The molecule has 2 aromatic rings. The maximum absolute atomic E-state index is 5.55. The van der Waals surface area contributed by atoms with E-state index in [0.29, 0.717) is 31.5 Å². The Morgan fingerprint density at radius 2 is 1.83 bits per heavy atom. The molecule has 0 saturated heterocycles.